The van der Waals surface area contributed by atoms with Crippen LogP contribution in [0.2, 0.25) is 0 Å². The third-order valence-electron chi connectivity index (χ3n) is 3.34. The van der Waals surface area contributed by atoms with Crippen LogP contribution in [-0.2, 0) is 6.54 Å². The predicted octanol–water partition coefficient (Wildman–Crippen LogP) is 3.71. The summed E-state index contributed by atoms with van der Waals surface area (Å²) < 4.78 is 26.6. The van der Waals surface area contributed by atoms with Crippen molar-refractivity contribution >= 4 is 15.9 Å². The van der Waals surface area contributed by atoms with E-state index in [2.05, 4.69) is 20.8 Å². The molecule has 4 heteroatoms. The van der Waals surface area contributed by atoms with Gasteiger partial charge in [-0.1, -0.05) is 22.4 Å². The lowest BCUT2D eigenvalue weighted by molar-refractivity contribution is 0.126. The molecular formula is C13H16BrF2N. The van der Waals surface area contributed by atoms with Gasteiger partial charge in [0, 0.05) is 30.0 Å². The van der Waals surface area contributed by atoms with E-state index in [0.717, 1.165) is 17.9 Å². The topological polar surface area (TPSA) is 3.24 Å². The van der Waals surface area contributed by atoms with E-state index in [-0.39, 0.29) is 11.6 Å². The summed E-state index contributed by atoms with van der Waals surface area (Å²) in [6.07, 6.45) is 3.59. The summed E-state index contributed by atoms with van der Waals surface area (Å²) in [5.41, 5.74) is 0.456. The molecule has 17 heavy (non-hydrogen) atoms. The van der Waals surface area contributed by atoms with E-state index in [4.69, 9.17) is 0 Å². The second-order valence-corrected chi connectivity index (χ2v) is 5.27. The summed E-state index contributed by atoms with van der Waals surface area (Å²) in [5, 5.41) is 0.862. The van der Waals surface area contributed by atoms with Crippen molar-refractivity contribution in [2.45, 2.75) is 31.8 Å². The van der Waals surface area contributed by atoms with Crippen molar-refractivity contribution in [2.75, 3.05) is 11.9 Å². The number of hydrogen-bond donors (Lipinski definition) is 0. The van der Waals surface area contributed by atoms with Gasteiger partial charge in [-0.05, 0) is 31.0 Å². The Balaban J connectivity index is 2.07. The Kier molecular flexibility index (Phi) is 4.51. The van der Waals surface area contributed by atoms with Gasteiger partial charge in [0.2, 0.25) is 0 Å². The van der Waals surface area contributed by atoms with Crippen LogP contribution in [0, 0.1) is 11.6 Å². The van der Waals surface area contributed by atoms with Crippen molar-refractivity contribution in [3.05, 3.63) is 35.4 Å². The fourth-order valence-electron chi connectivity index (χ4n) is 2.13. The van der Waals surface area contributed by atoms with Gasteiger partial charge in [0.15, 0.2) is 0 Å². The summed E-state index contributed by atoms with van der Waals surface area (Å²) in [7, 11) is 0. The maximum atomic E-state index is 13.6. The highest BCUT2D eigenvalue weighted by atomic mass is 79.9. The Morgan fingerprint density at radius 2 is 2.06 bits per heavy atom. The second-order valence-electron chi connectivity index (χ2n) is 4.48. The Bertz CT molecular complexity index is 380. The number of benzene rings is 1. The van der Waals surface area contributed by atoms with Crippen molar-refractivity contribution in [3.8, 4) is 0 Å². The van der Waals surface area contributed by atoms with Crippen LogP contribution in [0.15, 0.2) is 18.2 Å². The first-order valence-corrected chi connectivity index (χ1v) is 7.07. The summed E-state index contributed by atoms with van der Waals surface area (Å²) in [4.78, 5) is 2.23. The molecule has 1 saturated carbocycles. The molecule has 1 nitrogen and oxygen atoms in total. The molecule has 2 rings (SSSR count). The molecule has 0 amide bonds. The number of halogens is 3. The van der Waals surface area contributed by atoms with Crippen LogP contribution in [0.1, 0.15) is 24.8 Å². The zero-order chi connectivity index (χ0) is 12.3. The lowest BCUT2D eigenvalue weighted by Crippen LogP contribution is -2.40. The molecule has 0 heterocycles. The minimum Gasteiger partial charge on any atom is -0.295 e. The number of rotatable bonds is 5. The van der Waals surface area contributed by atoms with Gasteiger partial charge >= 0.3 is 0 Å². The Hall–Kier alpha value is -0.480. The molecule has 1 fully saturated rings. The van der Waals surface area contributed by atoms with E-state index in [1.165, 1.54) is 31.4 Å². The molecule has 0 spiro atoms. The van der Waals surface area contributed by atoms with E-state index >= 15 is 0 Å². The molecule has 0 radical (unpaired) electrons. The molecule has 1 aliphatic carbocycles. The first kappa shape index (κ1) is 13.0. The number of alkyl halides is 1. The molecule has 1 aromatic rings. The summed E-state index contributed by atoms with van der Waals surface area (Å²) in [6.45, 7) is 1.38. The number of hydrogen-bond acceptors (Lipinski definition) is 1. The zero-order valence-corrected chi connectivity index (χ0v) is 11.2. The quantitative estimate of drug-likeness (QED) is 0.750. The molecule has 94 valence electrons. The molecule has 0 aliphatic heterocycles. The van der Waals surface area contributed by atoms with Crippen LogP contribution in [0.3, 0.4) is 0 Å². The maximum absolute atomic E-state index is 13.6. The average Bonchev–Trinajstić information content (AvgIpc) is 2.21. The standard InChI is InChI=1S/C13H16BrF2N/c14-6-7-17(12-2-1-3-12)9-10-8-11(15)4-5-13(10)16/h4-5,8,12H,1-3,6-7,9H2. The molecule has 0 bridgehead atoms. The summed E-state index contributed by atoms with van der Waals surface area (Å²) in [6, 6.07) is 4.21. The molecule has 0 atom stereocenters. The number of nitrogens with zero attached hydrogens (tertiary/aromatic N) is 1. The molecule has 0 N–H and O–H groups in total. The van der Waals surface area contributed by atoms with Gasteiger partial charge in [-0.25, -0.2) is 8.78 Å². The molecular weight excluding hydrogens is 288 g/mol. The first-order valence-electron chi connectivity index (χ1n) is 5.94. The lowest BCUT2D eigenvalue weighted by Gasteiger charge is -2.37. The first-order chi connectivity index (χ1) is 8.20. The average molecular weight is 304 g/mol. The van der Waals surface area contributed by atoms with Gasteiger partial charge in [-0.3, -0.25) is 4.90 Å². The Morgan fingerprint density at radius 1 is 1.29 bits per heavy atom. The fourth-order valence-corrected chi connectivity index (χ4v) is 2.59. The van der Waals surface area contributed by atoms with Gasteiger partial charge in [-0.2, -0.15) is 0 Å². The molecule has 0 saturated heterocycles. The van der Waals surface area contributed by atoms with E-state index in [1.807, 2.05) is 0 Å². The highest BCUT2D eigenvalue weighted by molar-refractivity contribution is 9.09. The third-order valence-corrected chi connectivity index (χ3v) is 3.70. The van der Waals surface area contributed by atoms with Gasteiger partial charge < -0.3 is 0 Å². The van der Waals surface area contributed by atoms with Crippen LogP contribution in [0.5, 0.6) is 0 Å². The highest BCUT2D eigenvalue weighted by Gasteiger charge is 2.25. The van der Waals surface area contributed by atoms with Crippen molar-refractivity contribution in [1.82, 2.24) is 4.90 Å². The molecule has 0 unspecified atom stereocenters. The predicted molar refractivity (Wildman–Crippen MR) is 68.2 cm³/mol. The van der Waals surface area contributed by atoms with E-state index < -0.39 is 0 Å². The largest absolute Gasteiger partial charge is 0.295 e. The summed E-state index contributed by atoms with van der Waals surface area (Å²) in [5.74, 6) is -0.681. The van der Waals surface area contributed by atoms with Crippen molar-refractivity contribution in [1.29, 1.82) is 0 Å². The normalized spacial score (nSPS) is 16.2. The Morgan fingerprint density at radius 3 is 2.65 bits per heavy atom. The SMILES string of the molecule is Fc1ccc(F)c(CN(CCBr)C2CCC2)c1. The molecule has 0 aromatic heterocycles. The van der Waals surface area contributed by atoms with Gasteiger partial charge in [-0.15, -0.1) is 0 Å². The molecule has 1 aliphatic rings. The van der Waals surface area contributed by atoms with E-state index in [9.17, 15) is 8.78 Å². The second kappa shape index (κ2) is 5.91. The van der Waals surface area contributed by atoms with Crippen LogP contribution in [0.4, 0.5) is 8.78 Å². The van der Waals surface area contributed by atoms with Crippen LogP contribution >= 0.6 is 15.9 Å². The smallest absolute Gasteiger partial charge is 0.127 e. The highest BCUT2D eigenvalue weighted by Crippen LogP contribution is 2.26. The maximum Gasteiger partial charge on any atom is 0.127 e. The fraction of sp³-hybridized carbons (Fsp3) is 0.538. The van der Waals surface area contributed by atoms with Gasteiger partial charge in [0.05, 0.1) is 0 Å². The minimum atomic E-state index is -0.367. The monoisotopic (exact) mass is 303 g/mol. The lowest BCUT2D eigenvalue weighted by atomic mass is 9.91. The minimum absolute atomic E-state index is 0.315. The van der Waals surface area contributed by atoms with Crippen LogP contribution in [-0.4, -0.2) is 22.8 Å². The summed E-state index contributed by atoms with van der Waals surface area (Å²) >= 11 is 3.41. The zero-order valence-electron chi connectivity index (χ0n) is 9.63. The van der Waals surface area contributed by atoms with E-state index in [0.29, 0.717) is 18.2 Å². The molecule has 1 aromatic carbocycles. The van der Waals surface area contributed by atoms with Crippen LogP contribution in [0.25, 0.3) is 0 Å². The van der Waals surface area contributed by atoms with Crippen molar-refractivity contribution < 1.29 is 8.78 Å². The van der Waals surface area contributed by atoms with Crippen molar-refractivity contribution in [3.63, 3.8) is 0 Å². The Labute approximate surface area is 109 Å². The van der Waals surface area contributed by atoms with Gasteiger partial charge in [0.1, 0.15) is 11.6 Å². The van der Waals surface area contributed by atoms with E-state index in [1.54, 1.807) is 0 Å². The van der Waals surface area contributed by atoms with Crippen LogP contribution < -0.4 is 0 Å². The third kappa shape index (κ3) is 3.26. The van der Waals surface area contributed by atoms with Gasteiger partial charge in [0.25, 0.3) is 0 Å². The van der Waals surface area contributed by atoms with Crippen molar-refractivity contribution in [2.24, 2.45) is 0 Å².